The van der Waals surface area contributed by atoms with Crippen LogP contribution in [0.15, 0.2) is 47.4 Å². The lowest BCUT2D eigenvalue weighted by Crippen LogP contribution is -2.38. The third-order valence-electron chi connectivity index (χ3n) is 5.89. The quantitative estimate of drug-likeness (QED) is 0.862. The minimum Gasteiger partial charge on any atom is -0.390 e. The Hall–Kier alpha value is -2.51. The number of benzene rings is 1. The molecule has 2 aromatic rings. The van der Waals surface area contributed by atoms with Gasteiger partial charge in [-0.2, -0.15) is 4.98 Å². The molecular weight excluding hydrogens is 346 g/mol. The molecule has 1 saturated heterocycles. The predicted molar refractivity (Wildman–Crippen MR) is 99.3 cm³/mol. The zero-order valence-electron chi connectivity index (χ0n) is 15.3. The zero-order chi connectivity index (χ0) is 19.2. The number of nitrogens with one attached hydrogen (secondary N) is 1. The van der Waals surface area contributed by atoms with Gasteiger partial charge in [0.25, 0.3) is 5.91 Å². The number of rotatable bonds is 4. The first-order valence-electron chi connectivity index (χ1n) is 9.26. The van der Waals surface area contributed by atoms with E-state index in [1.54, 1.807) is 36.5 Å². The molecule has 1 aromatic carbocycles. The van der Waals surface area contributed by atoms with E-state index in [4.69, 9.17) is 4.74 Å². The predicted octanol–water partition coefficient (Wildman–Crippen LogP) is 2.19. The molecule has 2 N–H and O–H groups in total. The molecule has 2 aliphatic rings. The van der Waals surface area contributed by atoms with Crippen LogP contribution in [0, 0.1) is 11.8 Å². The average molecular weight is 369 g/mol. The number of amides is 1. The molecule has 1 aliphatic heterocycles. The third-order valence-corrected chi connectivity index (χ3v) is 5.89. The average Bonchev–Trinajstić information content (AvgIpc) is 3.08. The monoisotopic (exact) mass is 369 g/mol. The number of nitrogens with zero attached hydrogens (tertiary/aromatic N) is 2. The first-order chi connectivity index (χ1) is 12.9. The Labute approximate surface area is 157 Å². The minimum atomic E-state index is -0.591. The highest BCUT2D eigenvalue weighted by Crippen LogP contribution is 2.56. The van der Waals surface area contributed by atoms with Crippen molar-refractivity contribution in [2.75, 3.05) is 5.32 Å². The van der Waals surface area contributed by atoms with Crippen molar-refractivity contribution in [1.82, 2.24) is 9.55 Å². The summed E-state index contributed by atoms with van der Waals surface area (Å²) in [7, 11) is 0. The Balaban J connectivity index is 1.57. The van der Waals surface area contributed by atoms with Gasteiger partial charge in [-0.1, -0.05) is 32.0 Å². The second-order valence-corrected chi connectivity index (χ2v) is 7.45. The van der Waals surface area contributed by atoms with Crippen LogP contribution in [0.2, 0.25) is 0 Å². The van der Waals surface area contributed by atoms with Crippen molar-refractivity contribution < 1.29 is 14.6 Å². The molecule has 5 atom stereocenters. The molecule has 0 spiro atoms. The summed E-state index contributed by atoms with van der Waals surface area (Å²) in [5, 5.41) is 13.3. The van der Waals surface area contributed by atoms with Crippen molar-refractivity contribution in [3.63, 3.8) is 0 Å². The molecule has 2 bridgehead atoms. The van der Waals surface area contributed by atoms with Gasteiger partial charge in [0, 0.05) is 17.7 Å². The Morgan fingerprint density at radius 2 is 2.11 bits per heavy atom. The van der Waals surface area contributed by atoms with E-state index in [-0.39, 0.29) is 23.6 Å². The highest BCUT2D eigenvalue weighted by atomic mass is 16.6. The maximum Gasteiger partial charge on any atom is 0.351 e. The highest BCUT2D eigenvalue weighted by Gasteiger charge is 2.62. The number of hydrogen-bond donors (Lipinski definition) is 2. The Morgan fingerprint density at radius 3 is 2.74 bits per heavy atom. The smallest absolute Gasteiger partial charge is 0.351 e. The summed E-state index contributed by atoms with van der Waals surface area (Å²) in [6, 6.07) is 10.3. The Bertz CT molecular complexity index is 913. The van der Waals surface area contributed by atoms with Crippen molar-refractivity contribution in [2.45, 2.75) is 44.6 Å². The molecule has 2 fully saturated rings. The number of aliphatic hydroxyl groups is 1. The van der Waals surface area contributed by atoms with E-state index < -0.39 is 23.6 Å². The molecule has 1 aromatic heterocycles. The SMILES string of the molecule is CC[C@@]12C[C@H](C)[C@H]([C@H](n3ccc(NC(=O)c4ccccc4)nc3=O)O1)[C@@H]2O. The number of anilines is 1. The normalized spacial score (nSPS) is 31.8. The maximum absolute atomic E-state index is 12.6. The molecule has 142 valence electrons. The lowest BCUT2D eigenvalue weighted by atomic mass is 9.94. The summed E-state index contributed by atoms with van der Waals surface area (Å²) in [6.45, 7) is 4.07. The van der Waals surface area contributed by atoms with Gasteiger partial charge < -0.3 is 15.2 Å². The summed E-state index contributed by atoms with van der Waals surface area (Å²) in [5.41, 5.74) is -0.611. The second-order valence-electron chi connectivity index (χ2n) is 7.45. The van der Waals surface area contributed by atoms with Crippen molar-refractivity contribution in [1.29, 1.82) is 0 Å². The standard InChI is InChI=1S/C20H23N3O4/c1-3-20-11-12(2)15(16(20)24)18(27-20)23-10-9-14(22-19(23)26)21-17(25)13-7-5-4-6-8-13/h4-10,12,15-16,18,24H,3,11H2,1-2H3,(H,21,22,25,26)/t12-,15-,16-,18+,20-/m0/s1. The first kappa shape index (κ1) is 17.9. The first-order valence-corrected chi connectivity index (χ1v) is 9.26. The van der Waals surface area contributed by atoms with Gasteiger partial charge in [0.05, 0.1) is 11.7 Å². The van der Waals surface area contributed by atoms with E-state index >= 15 is 0 Å². The van der Waals surface area contributed by atoms with Gasteiger partial charge in [-0.05, 0) is 37.0 Å². The summed E-state index contributed by atoms with van der Waals surface area (Å²) in [5.74, 6) is -0.0327. The lowest BCUT2D eigenvalue weighted by molar-refractivity contribution is -0.131. The fourth-order valence-corrected chi connectivity index (χ4v) is 4.47. The van der Waals surface area contributed by atoms with Crippen LogP contribution in [0.1, 0.15) is 43.3 Å². The van der Waals surface area contributed by atoms with Crippen LogP contribution in [0.25, 0.3) is 0 Å². The van der Waals surface area contributed by atoms with Crippen LogP contribution >= 0.6 is 0 Å². The third kappa shape index (κ3) is 2.87. The maximum atomic E-state index is 12.6. The van der Waals surface area contributed by atoms with Gasteiger partial charge >= 0.3 is 5.69 Å². The summed E-state index contributed by atoms with van der Waals surface area (Å²) >= 11 is 0. The van der Waals surface area contributed by atoms with Crippen molar-refractivity contribution in [3.8, 4) is 0 Å². The lowest BCUT2D eigenvalue weighted by Gasteiger charge is -2.33. The van der Waals surface area contributed by atoms with E-state index in [1.165, 1.54) is 4.57 Å². The number of fused-ring (bicyclic) bond motifs is 2. The fraction of sp³-hybridized carbons (Fsp3) is 0.450. The number of aliphatic hydroxyl groups excluding tert-OH is 1. The molecule has 7 heteroatoms. The number of carbonyl (C=O) groups excluding carboxylic acids is 1. The highest BCUT2D eigenvalue weighted by molar-refractivity contribution is 6.03. The fourth-order valence-electron chi connectivity index (χ4n) is 4.47. The summed E-state index contributed by atoms with van der Waals surface area (Å²) in [4.78, 5) is 28.8. The number of hydrogen-bond acceptors (Lipinski definition) is 5. The molecule has 0 radical (unpaired) electrons. The molecule has 1 aliphatic carbocycles. The van der Waals surface area contributed by atoms with Crippen LogP contribution in [0.3, 0.4) is 0 Å². The molecular formula is C20H23N3O4. The minimum absolute atomic E-state index is 0.144. The number of carbonyl (C=O) groups is 1. The summed E-state index contributed by atoms with van der Waals surface area (Å²) in [6.07, 6.45) is 1.93. The number of aromatic nitrogens is 2. The van der Waals surface area contributed by atoms with Gasteiger partial charge in [-0.25, -0.2) is 4.79 Å². The molecule has 0 unspecified atom stereocenters. The van der Waals surface area contributed by atoms with E-state index in [0.717, 1.165) is 6.42 Å². The van der Waals surface area contributed by atoms with Gasteiger partial charge in [-0.3, -0.25) is 9.36 Å². The van der Waals surface area contributed by atoms with E-state index in [1.807, 2.05) is 13.0 Å². The Kier molecular flexibility index (Phi) is 4.36. The van der Waals surface area contributed by atoms with Crippen molar-refractivity contribution in [2.24, 2.45) is 11.8 Å². The van der Waals surface area contributed by atoms with Crippen LogP contribution in [-0.4, -0.2) is 32.3 Å². The second kappa shape index (κ2) is 6.58. The zero-order valence-corrected chi connectivity index (χ0v) is 15.3. The largest absolute Gasteiger partial charge is 0.390 e. The molecule has 27 heavy (non-hydrogen) atoms. The van der Waals surface area contributed by atoms with Crippen molar-refractivity contribution in [3.05, 3.63) is 58.6 Å². The van der Waals surface area contributed by atoms with E-state index in [9.17, 15) is 14.7 Å². The van der Waals surface area contributed by atoms with Gasteiger partial charge in [-0.15, -0.1) is 0 Å². The van der Waals surface area contributed by atoms with Crippen LogP contribution in [0.4, 0.5) is 5.82 Å². The molecule has 7 nitrogen and oxygen atoms in total. The van der Waals surface area contributed by atoms with Crippen LogP contribution < -0.4 is 11.0 Å². The van der Waals surface area contributed by atoms with Crippen molar-refractivity contribution >= 4 is 11.7 Å². The Morgan fingerprint density at radius 1 is 1.37 bits per heavy atom. The van der Waals surface area contributed by atoms with E-state index in [2.05, 4.69) is 17.2 Å². The van der Waals surface area contributed by atoms with E-state index in [0.29, 0.717) is 12.0 Å². The molecule has 1 amide bonds. The van der Waals surface area contributed by atoms with Gasteiger partial charge in [0.2, 0.25) is 0 Å². The molecule has 4 rings (SSSR count). The topological polar surface area (TPSA) is 93.5 Å². The molecule has 2 heterocycles. The van der Waals surface area contributed by atoms with Gasteiger partial charge in [0.1, 0.15) is 12.0 Å². The van der Waals surface area contributed by atoms with Gasteiger partial charge in [0.15, 0.2) is 0 Å². The van der Waals surface area contributed by atoms with Crippen LogP contribution in [-0.2, 0) is 4.74 Å². The van der Waals surface area contributed by atoms with Crippen LogP contribution in [0.5, 0.6) is 0 Å². The molecule has 1 saturated carbocycles. The number of ether oxygens (including phenoxy) is 1. The summed E-state index contributed by atoms with van der Waals surface area (Å²) < 4.78 is 7.54.